The molecule has 0 aromatic rings. The Morgan fingerprint density at radius 2 is 2.20 bits per heavy atom. The van der Waals surface area contributed by atoms with Gasteiger partial charge in [-0.25, -0.2) is 0 Å². The van der Waals surface area contributed by atoms with Crippen LogP contribution in [0.2, 0.25) is 0 Å². The zero-order valence-corrected chi connectivity index (χ0v) is 6.92. The van der Waals surface area contributed by atoms with E-state index in [2.05, 4.69) is 13.5 Å². The second kappa shape index (κ2) is 2.62. The van der Waals surface area contributed by atoms with Gasteiger partial charge in [0.05, 0.1) is 7.11 Å². The van der Waals surface area contributed by atoms with Gasteiger partial charge >= 0.3 is 0 Å². The topological polar surface area (TPSA) is 12.5 Å². The fraction of sp³-hybridized carbons (Fsp3) is 0.750. The van der Waals surface area contributed by atoms with Gasteiger partial charge in [-0.15, -0.1) is 0 Å². The minimum Gasteiger partial charge on any atom is -0.277 e. The van der Waals surface area contributed by atoms with E-state index in [9.17, 15) is 0 Å². The Labute approximate surface area is 62.4 Å². The van der Waals surface area contributed by atoms with Gasteiger partial charge < -0.3 is 0 Å². The van der Waals surface area contributed by atoms with E-state index in [1.54, 1.807) is 12.2 Å². The average Bonchev–Trinajstić information content (AvgIpc) is 2.63. The highest BCUT2D eigenvalue weighted by molar-refractivity contribution is 5.07. The summed E-state index contributed by atoms with van der Waals surface area (Å²) >= 11 is 0. The normalized spacial score (nSPS) is 29.9. The molecular weight excluding hydrogens is 126 g/mol. The van der Waals surface area contributed by atoms with Crippen LogP contribution in [0.1, 0.15) is 13.3 Å². The van der Waals surface area contributed by atoms with E-state index in [1.165, 1.54) is 6.42 Å². The zero-order valence-electron chi connectivity index (χ0n) is 6.92. The van der Waals surface area contributed by atoms with Gasteiger partial charge in [0.2, 0.25) is 0 Å². The van der Waals surface area contributed by atoms with E-state index in [0.29, 0.717) is 5.92 Å². The first-order valence-electron chi connectivity index (χ1n) is 3.63. The molecule has 0 N–H and O–H groups in total. The maximum atomic E-state index is 5.00. The molecule has 2 atom stereocenters. The third-order valence-corrected chi connectivity index (χ3v) is 2.22. The van der Waals surface area contributed by atoms with Crippen LogP contribution in [0.15, 0.2) is 12.3 Å². The summed E-state index contributed by atoms with van der Waals surface area (Å²) in [5, 5.41) is 1.74. The number of hydrogen-bond acceptors (Lipinski definition) is 2. The first-order chi connectivity index (χ1) is 4.66. The van der Waals surface area contributed by atoms with Crippen LogP contribution in [-0.4, -0.2) is 19.2 Å². The van der Waals surface area contributed by atoms with Crippen LogP contribution in [-0.2, 0) is 4.84 Å². The largest absolute Gasteiger partial charge is 0.277 e. The highest BCUT2D eigenvalue weighted by atomic mass is 16.7. The molecule has 2 nitrogen and oxygen atoms in total. The van der Waals surface area contributed by atoms with Gasteiger partial charge in [-0.2, -0.15) is 0 Å². The SMILES string of the molecule is C=C([C@@H]1C[C@H]1C)N(C)OC. The zero-order chi connectivity index (χ0) is 7.72. The Bertz CT molecular complexity index is 138. The van der Waals surface area contributed by atoms with Crippen LogP contribution in [0.3, 0.4) is 0 Å². The van der Waals surface area contributed by atoms with Crippen molar-refractivity contribution in [2.45, 2.75) is 13.3 Å². The smallest absolute Gasteiger partial charge is 0.0638 e. The molecule has 0 spiro atoms. The predicted molar refractivity (Wildman–Crippen MR) is 41.2 cm³/mol. The summed E-state index contributed by atoms with van der Waals surface area (Å²) in [5.74, 6) is 1.48. The molecule has 0 radical (unpaired) electrons. The van der Waals surface area contributed by atoms with Crippen molar-refractivity contribution in [2.24, 2.45) is 11.8 Å². The molecule has 0 aliphatic heterocycles. The Balaban J connectivity index is 2.35. The second-order valence-electron chi connectivity index (χ2n) is 2.99. The van der Waals surface area contributed by atoms with Crippen molar-refractivity contribution in [3.63, 3.8) is 0 Å². The maximum absolute atomic E-state index is 5.00. The molecule has 0 aromatic heterocycles. The Morgan fingerprint density at radius 3 is 2.50 bits per heavy atom. The monoisotopic (exact) mass is 141 g/mol. The van der Waals surface area contributed by atoms with Crippen molar-refractivity contribution >= 4 is 0 Å². The standard InChI is InChI=1S/C8H15NO/c1-6-5-8(6)7(2)9(3)10-4/h6,8H,2,5H2,1,3-4H3/t6-,8-/m1/s1. The quantitative estimate of drug-likeness (QED) is 0.554. The van der Waals surface area contributed by atoms with Crippen molar-refractivity contribution in [1.82, 2.24) is 5.06 Å². The summed E-state index contributed by atoms with van der Waals surface area (Å²) in [6, 6.07) is 0. The van der Waals surface area contributed by atoms with Crippen molar-refractivity contribution in [2.75, 3.05) is 14.2 Å². The molecule has 1 aliphatic carbocycles. The molecule has 58 valence electrons. The van der Waals surface area contributed by atoms with E-state index in [-0.39, 0.29) is 0 Å². The minimum atomic E-state index is 0.671. The van der Waals surface area contributed by atoms with Crippen LogP contribution in [0, 0.1) is 11.8 Å². The highest BCUT2D eigenvalue weighted by Gasteiger charge is 2.36. The lowest BCUT2D eigenvalue weighted by molar-refractivity contribution is -0.0815. The maximum Gasteiger partial charge on any atom is 0.0638 e. The van der Waals surface area contributed by atoms with Crippen molar-refractivity contribution in [3.05, 3.63) is 12.3 Å². The third kappa shape index (κ3) is 1.32. The van der Waals surface area contributed by atoms with Crippen molar-refractivity contribution < 1.29 is 4.84 Å². The molecule has 0 unspecified atom stereocenters. The second-order valence-corrected chi connectivity index (χ2v) is 2.99. The minimum absolute atomic E-state index is 0.671. The Morgan fingerprint density at radius 1 is 1.70 bits per heavy atom. The summed E-state index contributed by atoms with van der Waals surface area (Å²) < 4.78 is 0. The molecule has 1 aliphatic rings. The summed E-state index contributed by atoms with van der Waals surface area (Å²) in [7, 11) is 3.56. The Kier molecular flexibility index (Phi) is 2.00. The van der Waals surface area contributed by atoms with E-state index in [0.717, 1.165) is 11.6 Å². The lowest BCUT2D eigenvalue weighted by atomic mass is 10.3. The first-order valence-corrected chi connectivity index (χ1v) is 3.63. The molecule has 2 heteroatoms. The van der Waals surface area contributed by atoms with E-state index >= 15 is 0 Å². The van der Waals surface area contributed by atoms with Crippen LogP contribution < -0.4 is 0 Å². The fourth-order valence-electron chi connectivity index (χ4n) is 1.14. The molecule has 1 fully saturated rings. The summed E-state index contributed by atoms with van der Waals surface area (Å²) in [6.45, 7) is 6.17. The number of rotatable bonds is 3. The molecule has 0 bridgehead atoms. The average molecular weight is 141 g/mol. The van der Waals surface area contributed by atoms with Gasteiger partial charge in [0.25, 0.3) is 0 Å². The van der Waals surface area contributed by atoms with E-state index < -0.39 is 0 Å². The van der Waals surface area contributed by atoms with Gasteiger partial charge in [-0.3, -0.25) is 9.90 Å². The number of allylic oxidation sites excluding steroid dienone is 1. The molecule has 0 amide bonds. The van der Waals surface area contributed by atoms with Crippen LogP contribution in [0.4, 0.5) is 0 Å². The van der Waals surface area contributed by atoms with Crippen LogP contribution in [0.25, 0.3) is 0 Å². The summed E-state index contributed by atoms with van der Waals surface area (Å²) in [5.41, 5.74) is 1.11. The van der Waals surface area contributed by atoms with Crippen LogP contribution >= 0.6 is 0 Å². The van der Waals surface area contributed by atoms with Gasteiger partial charge in [0.1, 0.15) is 0 Å². The number of hydroxylamine groups is 2. The van der Waals surface area contributed by atoms with Gasteiger partial charge in [-0.1, -0.05) is 13.5 Å². The van der Waals surface area contributed by atoms with Gasteiger partial charge in [0, 0.05) is 18.7 Å². The van der Waals surface area contributed by atoms with Gasteiger partial charge in [-0.05, 0) is 12.3 Å². The summed E-state index contributed by atoms with van der Waals surface area (Å²) in [4.78, 5) is 5.00. The third-order valence-electron chi connectivity index (χ3n) is 2.22. The molecule has 1 rings (SSSR count). The lowest BCUT2D eigenvalue weighted by Crippen LogP contribution is -2.16. The Hall–Kier alpha value is -0.500. The fourth-order valence-corrected chi connectivity index (χ4v) is 1.14. The predicted octanol–water partition coefficient (Wildman–Crippen LogP) is 1.65. The van der Waals surface area contributed by atoms with Crippen molar-refractivity contribution in [1.29, 1.82) is 0 Å². The van der Waals surface area contributed by atoms with Gasteiger partial charge in [0.15, 0.2) is 0 Å². The van der Waals surface area contributed by atoms with Crippen molar-refractivity contribution in [3.8, 4) is 0 Å². The van der Waals surface area contributed by atoms with Crippen LogP contribution in [0.5, 0.6) is 0 Å². The number of nitrogens with zero attached hydrogens (tertiary/aromatic N) is 1. The number of hydrogen-bond donors (Lipinski definition) is 0. The van der Waals surface area contributed by atoms with E-state index in [1.807, 2.05) is 7.05 Å². The van der Waals surface area contributed by atoms with E-state index in [4.69, 9.17) is 4.84 Å². The first kappa shape index (κ1) is 7.61. The lowest BCUT2D eigenvalue weighted by Gasteiger charge is -2.17. The molecule has 0 saturated heterocycles. The summed E-state index contributed by atoms with van der Waals surface area (Å²) in [6.07, 6.45) is 1.27. The highest BCUT2D eigenvalue weighted by Crippen LogP contribution is 2.43. The molecule has 0 heterocycles. The molecular formula is C8H15NO. The molecule has 0 aromatic carbocycles. The molecule has 1 saturated carbocycles. The molecule has 10 heavy (non-hydrogen) atoms.